The Labute approximate surface area is 83.3 Å². The van der Waals surface area contributed by atoms with Crippen molar-refractivity contribution in [1.29, 1.82) is 0 Å². The zero-order chi connectivity index (χ0) is 10.9. The molecule has 0 amide bonds. The van der Waals surface area contributed by atoms with Crippen LogP contribution in [0.3, 0.4) is 0 Å². The fourth-order valence-electron chi connectivity index (χ4n) is 1.16. The van der Waals surface area contributed by atoms with Crippen LogP contribution >= 0.6 is 0 Å². The lowest BCUT2D eigenvalue weighted by Gasteiger charge is -2.35. The van der Waals surface area contributed by atoms with Gasteiger partial charge >= 0.3 is 0 Å². The first-order valence-corrected chi connectivity index (χ1v) is 11.4. The summed E-state index contributed by atoms with van der Waals surface area (Å²) < 4.78 is 11.0. The van der Waals surface area contributed by atoms with E-state index in [1.807, 2.05) is 39.3 Å². The van der Waals surface area contributed by atoms with Gasteiger partial charge in [-0.3, -0.25) is 0 Å². The minimum Gasteiger partial charge on any atom is -0.371 e. The molecule has 0 aliphatic carbocycles. The fourth-order valence-corrected chi connectivity index (χ4v) is 3.60. The molecule has 0 saturated heterocycles. The van der Waals surface area contributed by atoms with Crippen LogP contribution in [0.2, 0.25) is 39.3 Å². The van der Waals surface area contributed by atoms with Gasteiger partial charge in [-0.15, -0.1) is 0 Å². The minimum atomic E-state index is -1.75. The topological polar surface area (TPSA) is 38.7 Å². The maximum atomic E-state index is 9.81. The van der Waals surface area contributed by atoms with E-state index in [0.29, 0.717) is 0 Å². The molecule has 0 radical (unpaired) electrons. The predicted molar refractivity (Wildman–Crippen MR) is 59.5 cm³/mol. The van der Waals surface area contributed by atoms with Gasteiger partial charge in [-0.2, -0.15) is 0 Å². The van der Waals surface area contributed by atoms with Crippen molar-refractivity contribution in [3.05, 3.63) is 0 Å². The van der Waals surface area contributed by atoms with E-state index in [1.54, 1.807) is 6.92 Å². The SMILES string of the molecule is CC(O)(O[Si](C)(C)C)O[Si](C)(C)C. The molecule has 0 aliphatic rings. The monoisotopic (exact) mass is 222 g/mol. The van der Waals surface area contributed by atoms with Crippen molar-refractivity contribution >= 4 is 16.6 Å². The van der Waals surface area contributed by atoms with Crippen molar-refractivity contribution < 1.29 is 14.0 Å². The first-order chi connectivity index (χ1) is 5.41. The summed E-state index contributed by atoms with van der Waals surface area (Å²) in [6.07, 6.45) is 0. The molecular weight excluding hydrogens is 200 g/mol. The largest absolute Gasteiger partial charge is 0.371 e. The van der Waals surface area contributed by atoms with Gasteiger partial charge in [0.15, 0.2) is 16.6 Å². The third-order valence-corrected chi connectivity index (χ3v) is 2.97. The van der Waals surface area contributed by atoms with Gasteiger partial charge in [-0.05, 0) is 39.3 Å². The summed E-state index contributed by atoms with van der Waals surface area (Å²) in [5.41, 5.74) is 0. The lowest BCUT2D eigenvalue weighted by molar-refractivity contribution is -0.269. The molecule has 0 fully saturated rings. The third kappa shape index (κ3) is 8.64. The van der Waals surface area contributed by atoms with Crippen LogP contribution in [-0.2, 0) is 8.85 Å². The summed E-state index contributed by atoms with van der Waals surface area (Å²) in [5, 5.41) is 9.81. The average molecular weight is 222 g/mol. The van der Waals surface area contributed by atoms with Crippen LogP contribution in [0.1, 0.15) is 6.92 Å². The molecule has 0 aromatic heterocycles. The minimum absolute atomic E-state index is 1.41. The highest BCUT2D eigenvalue weighted by Crippen LogP contribution is 2.20. The zero-order valence-corrected chi connectivity index (χ0v) is 11.8. The fraction of sp³-hybridized carbons (Fsp3) is 1.00. The Kier molecular flexibility index (Phi) is 3.91. The van der Waals surface area contributed by atoms with E-state index >= 15 is 0 Å². The summed E-state index contributed by atoms with van der Waals surface area (Å²) in [5.74, 6) is -1.41. The smallest absolute Gasteiger partial charge is 0.258 e. The van der Waals surface area contributed by atoms with Gasteiger partial charge in [0.2, 0.25) is 0 Å². The van der Waals surface area contributed by atoms with Crippen LogP contribution in [0.15, 0.2) is 0 Å². The van der Waals surface area contributed by atoms with Gasteiger partial charge in [0.1, 0.15) is 0 Å². The molecule has 80 valence electrons. The van der Waals surface area contributed by atoms with Crippen molar-refractivity contribution in [1.82, 2.24) is 0 Å². The lowest BCUT2D eigenvalue weighted by atomic mass is 10.7. The van der Waals surface area contributed by atoms with Crippen LogP contribution in [-0.4, -0.2) is 27.7 Å². The molecule has 0 saturated carbocycles. The first kappa shape index (κ1) is 13.3. The van der Waals surface area contributed by atoms with Crippen molar-refractivity contribution in [2.45, 2.75) is 52.2 Å². The molecule has 13 heavy (non-hydrogen) atoms. The number of hydrogen-bond donors (Lipinski definition) is 1. The lowest BCUT2D eigenvalue weighted by Crippen LogP contribution is -2.48. The van der Waals surface area contributed by atoms with Crippen molar-refractivity contribution in [2.24, 2.45) is 0 Å². The molecule has 0 aliphatic heterocycles. The predicted octanol–water partition coefficient (Wildman–Crippen LogP) is 2.36. The second kappa shape index (κ2) is 3.82. The molecular formula is C8H22O3Si2. The van der Waals surface area contributed by atoms with Crippen LogP contribution in [0.4, 0.5) is 0 Å². The summed E-state index contributed by atoms with van der Waals surface area (Å²) >= 11 is 0. The standard InChI is InChI=1S/C8H22O3Si2/c1-8(9,10-12(2,3)4)11-13(5,6)7/h9H,1-7H3. The molecule has 1 N–H and O–H groups in total. The maximum absolute atomic E-state index is 9.81. The highest BCUT2D eigenvalue weighted by atomic mass is 28.4. The van der Waals surface area contributed by atoms with Gasteiger partial charge in [0, 0.05) is 6.92 Å². The molecule has 0 aromatic rings. The zero-order valence-electron chi connectivity index (χ0n) is 9.76. The van der Waals surface area contributed by atoms with Gasteiger partial charge in [-0.25, -0.2) is 0 Å². The maximum Gasteiger partial charge on any atom is 0.258 e. The van der Waals surface area contributed by atoms with E-state index in [9.17, 15) is 5.11 Å². The normalized spacial score (nSPS) is 14.8. The van der Waals surface area contributed by atoms with Crippen LogP contribution in [0.5, 0.6) is 0 Å². The summed E-state index contributed by atoms with van der Waals surface area (Å²) in [6.45, 7) is 13.7. The Balaban J connectivity index is 4.25. The Bertz CT molecular complexity index is 149. The van der Waals surface area contributed by atoms with E-state index in [-0.39, 0.29) is 0 Å². The molecule has 0 rings (SSSR count). The summed E-state index contributed by atoms with van der Waals surface area (Å²) in [7, 11) is -3.49. The van der Waals surface area contributed by atoms with Gasteiger partial charge < -0.3 is 14.0 Å². The van der Waals surface area contributed by atoms with Crippen molar-refractivity contribution in [3.63, 3.8) is 0 Å². The highest BCUT2D eigenvalue weighted by Gasteiger charge is 2.34. The van der Waals surface area contributed by atoms with E-state index in [1.165, 1.54) is 0 Å². The van der Waals surface area contributed by atoms with Crippen LogP contribution in [0, 0.1) is 0 Å². The molecule has 5 heteroatoms. The van der Waals surface area contributed by atoms with E-state index in [0.717, 1.165) is 0 Å². The Hall–Kier alpha value is 0.314. The molecule has 0 atom stereocenters. The van der Waals surface area contributed by atoms with Crippen LogP contribution < -0.4 is 0 Å². The second-order valence-corrected chi connectivity index (χ2v) is 14.2. The van der Waals surface area contributed by atoms with Crippen molar-refractivity contribution in [3.8, 4) is 0 Å². The number of aliphatic hydroxyl groups is 1. The summed E-state index contributed by atoms with van der Waals surface area (Å²) in [6, 6.07) is 0. The number of hydrogen-bond acceptors (Lipinski definition) is 3. The van der Waals surface area contributed by atoms with E-state index in [2.05, 4.69) is 0 Å². The van der Waals surface area contributed by atoms with Crippen LogP contribution in [0.25, 0.3) is 0 Å². The first-order valence-electron chi connectivity index (χ1n) is 4.54. The summed E-state index contributed by atoms with van der Waals surface area (Å²) in [4.78, 5) is 0. The Morgan fingerprint density at radius 2 is 1.08 bits per heavy atom. The number of rotatable bonds is 4. The average Bonchev–Trinajstić information content (AvgIpc) is 1.43. The third-order valence-electron chi connectivity index (χ3n) is 0.991. The molecule has 0 bridgehead atoms. The van der Waals surface area contributed by atoms with Gasteiger partial charge in [0.05, 0.1) is 0 Å². The molecule has 0 unspecified atom stereocenters. The molecule has 0 heterocycles. The van der Waals surface area contributed by atoms with Gasteiger partial charge in [-0.1, -0.05) is 0 Å². The Morgan fingerprint density at radius 3 is 1.23 bits per heavy atom. The molecule has 0 aromatic carbocycles. The van der Waals surface area contributed by atoms with Crippen molar-refractivity contribution in [2.75, 3.05) is 0 Å². The quantitative estimate of drug-likeness (QED) is 0.586. The molecule has 0 spiro atoms. The second-order valence-electron chi connectivity index (χ2n) is 5.33. The highest BCUT2D eigenvalue weighted by molar-refractivity contribution is 6.70. The van der Waals surface area contributed by atoms with E-state index < -0.39 is 22.6 Å². The Morgan fingerprint density at radius 1 is 0.846 bits per heavy atom. The van der Waals surface area contributed by atoms with Gasteiger partial charge in [0.25, 0.3) is 5.97 Å². The molecule has 3 nitrogen and oxygen atoms in total. The van der Waals surface area contributed by atoms with E-state index in [4.69, 9.17) is 8.85 Å².